The van der Waals surface area contributed by atoms with E-state index in [1.54, 1.807) is 4.57 Å². The molecule has 1 aromatic heterocycles. The minimum absolute atomic E-state index is 0.134. The van der Waals surface area contributed by atoms with Crippen molar-refractivity contribution >= 4 is 35.1 Å². The first-order valence-corrected chi connectivity index (χ1v) is 12.3. The molecule has 4 rings (SSSR count). The smallest absolute Gasteiger partial charge is 0.279 e. The predicted octanol–water partition coefficient (Wildman–Crippen LogP) is 5.38. The molecular weight excluding hydrogens is 458 g/mol. The molecule has 0 spiro atoms. The van der Waals surface area contributed by atoms with E-state index in [1.165, 1.54) is 11.8 Å². The number of aromatic nitrogens is 2. The highest BCUT2D eigenvalue weighted by atomic mass is 35.5. The third-order valence-corrected chi connectivity index (χ3v) is 6.98. The molecule has 1 N–H and O–H groups in total. The summed E-state index contributed by atoms with van der Waals surface area (Å²) in [6.45, 7) is 2.70. The van der Waals surface area contributed by atoms with Crippen LogP contribution in [0, 0.1) is 0 Å². The fourth-order valence-electron chi connectivity index (χ4n) is 3.88. The number of para-hydroxylation sites is 1. The van der Waals surface area contributed by atoms with E-state index in [0.717, 1.165) is 24.0 Å². The van der Waals surface area contributed by atoms with Crippen molar-refractivity contribution in [2.45, 2.75) is 43.0 Å². The Balaban J connectivity index is 1.68. The summed E-state index contributed by atoms with van der Waals surface area (Å²) in [6.07, 6.45) is 2.14. The monoisotopic (exact) mass is 483 g/mol. The topological polar surface area (TPSA) is 73.2 Å². The second-order valence-electron chi connectivity index (χ2n) is 7.98. The minimum Gasteiger partial charge on any atom is -0.493 e. The van der Waals surface area contributed by atoms with E-state index < -0.39 is 5.92 Å². The number of ether oxygens (including phenoxy) is 1. The van der Waals surface area contributed by atoms with E-state index in [4.69, 9.17) is 16.3 Å². The summed E-state index contributed by atoms with van der Waals surface area (Å²) in [5.74, 6) is 1.29. The highest BCUT2D eigenvalue weighted by Gasteiger charge is 2.33. The first-order chi connectivity index (χ1) is 16.0. The molecule has 0 aliphatic carbocycles. The number of carbonyl (C=O) groups is 1. The van der Waals surface area contributed by atoms with Gasteiger partial charge in [0, 0.05) is 35.7 Å². The summed E-state index contributed by atoms with van der Waals surface area (Å²) < 4.78 is 7.79. The van der Waals surface area contributed by atoms with Gasteiger partial charge in [-0.25, -0.2) is 0 Å². The van der Waals surface area contributed by atoms with Crippen molar-refractivity contribution in [3.05, 3.63) is 80.6 Å². The number of amides is 1. The predicted molar refractivity (Wildman–Crippen MR) is 132 cm³/mol. The van der Waals surface area contributed by atoms with E-state index in [2.05, 4.69) is 17.2 Å². The Kier molecular flexibility index (Phi) is 7.40. The lowest BCUT2D eigenvalue weighted by atomic mass is 9.86. The molecule has 0 unspecified atom stereocenters. The van der Waals surface area contributed by atoms with Crippen molar-refractivity contribution in [1.82, 2.24) is 9.55 Å². The quantitative estimate of drug-likeness (QED) is 0.264. The molecule has 8 heteroatoms. The van der Waals surface area contributed by atoms with E-state index in [1.807, 2.05) is 55.6 Å². The second kappa shape index (κ2) is 10.4. The molecule has 172 valence electrons. The maximum atomic E-state index is 13.2. The van der Waals surface area contributed by atoms with Gasteiger partial charge in [0.1, 0.15) is 11.6 Å². The van der Waals surface area contributed by atoms with Crippen LogP contribution in [0.1, 0.15) is 48.8 Å². The number of halogens is 1. The van der Waals surface area contributed by atoms with Crippen LogP contribution in [0.15, 0.2) is 58.5 Å². The number of hydrogen-bond donors (Lipinski definition) is 1. The SMILES string of the molecule is CCCCOc1ccccc1[C@@H]1CC(=O)Nc2c1c(=O)nc(SCc1ccc(Cl)cc1)n2C. The number of rotatable bonds is 8. The van der Waals surface area contributed by atoms with Crippen molar-refractivity contribution in [1.29, 1.82) is 0 Å². The molecule has 6 nitrogen and oxygen atoms in total. The van der Waals surface area contributed by atoms with Gasteiger partial charge in [0.15, 0.2) is 5.16 Å². The van der Waals surface area contributed by atoms with Gasteiger partial charge in [0.2, 0.25) is 5.91 Å². The highest BCUT2D eigenvalue weighted by molar-refractivity contribution is 7.98. The van der Waals surface area contributed by atoms with Gasteiger partial charge in [-0.15, -0.1) is 0 Å². The summed E-state index contributed by atoms with van der Waals surface area (Å²) in [5.41, 5.74) is 2.08. The molecule has 1 amide bonds. The van der Waals surface area contributed by atoms with Gasteiger partial charge in [-0.3, -0.25) is 9.59 Å². The van der Waals surface area contributed by atoms with Gasteiger partial charge in [-0.05, 0) is 30.2 Å². The number of fused-ring (bicyclic) bond motifs is 1. The third kappa shape index (κ3) is 5.25. The van der Waals surface area contributed by atoms with Gasteiger partial charge in [-0.1, -0.05) is 67.0 Å². The Morgan fingerprint density at radius 3 is 2.70 bits per heavy atom. The summed E-state index contributed by atoms with van der Waals surface area (Å²) in [4.78, 5) is 30.2. The first-order valence-electron chi connectivity index (χ1n) is 11.0. The molecule has 1 atom stereocenters. The molecule has 1 aliphatic heterocycles. The summed E-state index contributed by atoms with van der Waals surface area (Å²) in [5, 5.41) is 4.12. The molecule has 2 aromatic carbocycles. The van der Waals surface area contributed by atoms with Crippen molar-refractivity contribution in [2.75, 3.05) is 11.9 Å². The van der Waals surface area contributed by atoms with Gasteiger partial charge < -0.3 is 14.6 Å². The number of benzene rings is 2. The molecule has 0 radical (unpaired) electrons. The lowest BCUT2D eigenvalue weighted by Gasteiger charge is -2.28. The van der Waals surface area contributed by atoms with Crippen LogP contribution in [-0.2, 0) is 17.6 Å². The van der Waals surface area contributed by atoms with Crippen LogP contribution in [0.5, 0.6) is 5.75 Å². The molecule has 3 aromatic rings. The zero-order chi connectivity index (χ0) is 23.4. The molecule has 1 aliphatic rings. The standard InChI is InChI=1S/C25H26ClN3O3S/c1-3-4-13-32-20-8-6-5-7-18(20)19-14-21(30)27-23-22(19)24(31)28-25(29(23)2)33-15-16-9-11-17(26)12-10-16/h5-12,19H,3-4,13-15H2,1-2H3,(H,27,30)/t19-/m0/s1. The number of unbranched alkanes of at least 4 members (excludes halogenated alkanes) is 1. The van der Waals surface area contributed by atoms with E-state index in [9.17, 15) is 9.59 Å². The number of nitrogens with zero attached hydrogens (tertiary/aromatic N) is 2. The first kappa shape index (κ1) is 23.4. The third-order valence-electron chi connectivity index (χ3n) is 5.63. The van der Waals surface area contributed by atoms with Gasteiger partial charge in [0.05, 0.1) is 12.2 Å². The van der Waals surface area contributed by atoms with E-state index in [-0.39, 0.29) is 17.9 Å². The van der Waals surface area contributed by atoms with Crippen LogP contribution in [0.2, 0.25) is 5.02 Å². The van der Waals surface area contributed by atoms with Crippen molar-refractivity contribution < 1.29 is 9.53 Å². The number of thioether (sulfide) groups is 1. The van der Waals surface area contributed by atoms with Crippen LogP contribution in [0.3, 0.4) is 0 Å². The van der Waals surface area contributed by atoms with Crippen LogP contribution in [-0.4, -0.2) is 22.1 Å². The fraction of sp³-hybridized carbons (Fsp3) is 0.320. The average molecular weight is 484 g/mol. The second-order valence-corrected chi connectivity index (χ2v) is 9.36. The lowest BCUT2D eigenvalue weighted by Crippen LogP contribution is -2.33. The number of carbonyl (C=O) groups excluding carboxylic acids is 1. The van der Waals surface area contributed by atoms with E-state index >= 15 is 0 Å². The Labute approximate surface area is 202 Å². The maximum absolute atomic E-state index is 13.2. The van der Waals surface area contributed by atoms with Gasteiger partial charge in [0.25, 0.3) is 5.56 Å². The Morgan fingerprint density at radius 2 is 1.94 bits per heavy atom. The molecule has 2 heterocycles. The molecule has 0 bridgehead atoms. The maximum Gasteiger partial charge on any atom is 0.279 e. The van der Waals surface area contributed by atoms with E-state index in [0.29, 0.717) is 39.7 Å². The zero-order valence-corrected chi connectivity index (χ0v) is 20.2. The summed E-state index contributed by atoms with van der Waals surface area (Å²) in [7, 11) is 1.82. The van der Waals surface area contributed by atoms with Gasteiger partial charge in [-0.2, -0.15) is 4.98 Å². The number of hydrogen-bond acceptors (Lipinski definition) is 5. The van der Waals surface area contributed by atoms with Crippen LogP contribution in [0.25, 0.3) is 0 Å². The molecule has 0 saturated carbocycles. The Morgan fingerprint density at radius 1 is 1.18 bits per heavy atom. The summed E-state index contributed by atoms with van der Waals surface area (Å²) >= 11 is 7.41. The largest absolute Gasteiger partial charge is 0.493 e. The minimum atomic E-state index is -0.409. The molecule has 33 heavy (non-hydrogen) atoms. The molecular formula is C25H26ClN3O3S. The molecule has 0 saturated heterocycles. The van der Waals surface area contributed by atoms with Crippen LogP contribution < -0.4 is 15.6 Å². The molecule has 0 fully saturated rings. The fourth-order valence-corrected chi connectivity index (χ4v) is 4.93. The van der Waals surface area contributed by atoms with Crippen LogP contribution in [0.4, 0.5) is 5.82 Å². The zero-order valence-electron chi connectivity index (χ0n) is 18.6. The highest BCUT2D eigenvalue weighted by Crippen LogP contribution is 2.39. The number of nitrogens with one attached hydrogen (secondary N) is 1. The van der Waals surface area contributed by atoms with Crippen LogP contribution >= 0.6 is 23.4 Å². The number of anilines is 1. The Hall–Kier alpha value is -2.77. The van der Waals surface area contributed by atoms with Gasteiger partial charge >= 0.3 is 0 Å². The summed E-state index contributed by atoms with van der Waals surface area (Å²) in [6, 6.07) is 15.2. The Bertz CT molecular complexity index is 1210. The van der Waals surface area contributed by atoms with Crippen molar-refractivity contribution in [3.63, 3.8) is 0 Å². The average Bonchev–Trinajstić information content (AvgIpc) is 2.81. The van der Waals surface area contributed by atoms with Crippen molar-refractivity contribution in [3.8, 4) is 5.75 Å². The van der Waals surface area contributed by atoms with Crippen molar-refractivity contribution in [2.24, 2.45) is 7.05 Å². The normalized spacial score (nSPS) is 15.1. The lowest BCUT2D eigenvalue weighted by molar-refractivity contribution is -0.116.